The first-order valence-electron chi connectivity index (χ1n) is 5.61. The first-order valence-corrected chi connectivity index (χ1v) is 5.61. The smallest absolute Gasteiger partial charge is 0.113 e. The van der Waals surface area contributed by atoms with Crippen LogP contribution in [0.15, 0.2) is 0 Å². The number of piperidine rings is 1. The van der Waals surface area contributed by atoms with Gasteiger partial charge >= 0.3 is 0 Å². The predicted molar refractivity (Wildman–Crippen MR) is 53.8 cm³/mol. The molecule has 3 heteroatoms. The fourth-order valence-corrected chi connectivity index (χ4v) is 2.53. The molecule has 0 bridgehead atoms. The Balaban J connectivity index is 2.06. The number of likely N-dealkylation sites (tertiary alicyclic amines) is 1. The first kappa shape index (κ1) is 9.95. The molecule has 78 valence electrons. The van der Waals surface area contributed by atoms with Crippen molar-refractivity contribution in [1.29, 1.82) is 5.26 Å². The van der Waals surface area contributed by atoms with E-state index in [2.05, 4.69) is 11.0 Å². The lowest BCUT2D eigenvalue weighted by molar-refractivity contribution is -0.00670. The Bertz CT molecular complexity index is 222. The second kappa shape index (κ2) is 4.29. The van der Waals surface area contributed by atoms with Crippen molar-refractivity contribution in [3.63, 3.8) is 0 Å². The standard InChI is InChI=1S/C11H18N2O/c12-10-11(4-8-14-9-5-11)13-6-2-1-3-7-13/h1-9H2. The Hall–Kier alpha value is -0.590. The Kier molecular flexibility index (Phi) is 3.05. The highest BCUT2D eigenvalue weighted by Gasteiger charge is 2.38. The van der Waals surface area contributed by atoms with Crippen LogP contribution < -0.4 is 0 Å². The third-order valence-electron chi connectivity index (χ3n) is 3.49. The molecule has 0 spiro atoms. The van der Waals surface area contributed by atoms with Gasteiger partial charge in [0.25, 0.3) is 0 Å². The van der Waals surface area contributed by atoms with Gasteiger partial charge in [-0.2, -0.15) is 5.26 Å². The molecule has 2 heterocycles. The third kappa shape index (κ3) is 1.77. The number of nitriles is 1. The molecular formula is C11H18N2O. The molecule has 2 aliphatic rings. The predicted octanol–water partition coefficient (Wildman–Crippen LogP) is 1.55. The van der Waals surface area contributed by atoms with Crippen molar-refractivity contribution in [3.8, 4) is 6.07 Å². The van der Waals surface area contributed by atoms with Crippen LogP contribution in [0.3, 0.4) is 0 Å². The number of hydrogen-bond donors (Lipinski definition) is 0. The number of ether oxygens (including phenoxy) is 1. The first-order chi connectivity index (χ1) is 6.87. The van der Waals surface area contributed by atoms with Crippen LogP contribution in [0.5, 0.6) is 0 Å². The molecule has 2 rings (SSSR count). The van der Waals surface area contributed by atoms with Crippen molar-refractivity contribution in [3.05, 3.63) is 0 Å². The van der Waals surface area contributed by atoms with Gasteiger partial charge in [-0.3, -0.25) is 4.90 Å². The second-order valence-corrected chi connectivity index (χ2v) is 4.30. The molecule has 0 aromatic carbocycles. The van der Waals surface area contributed by atoms with Gasteiger partial charge in [0, 0.05) is 26.1 Å². The van der Waals surface area contributed by atoms with Crippen LogP contribution in [0.4, 0.5) is 0 Å². The molecular weight excluding hydrogens is 176 g/mol. The number of rotatable bonds is 1. The van der Waals surface area contributed by atoms with E-state index in [1.165, 1.54) is 19.3 Å². The van der Waals surface area contributed by atoms with Gasteiger partial charge in [-0.15, -0.1) is 0 Å². The van der Waals surface area contributed by atoms with E-state index in [1.54, 1.807) is 0 Å². The fourth-order valence-electron chi connectivity index (χ4n) is 2.53. The van der Waals surface area contributed by atoms with E-state index < -0.39 is 0 Å². The van der Waals surface area contributed by atoms with Crippen LogP contribution in [0.2, 0.25) is 0 Å². The van der Waals surface area contributed by atoms with Gasteiger partial charge in [0.2, 0.25) is 0 Å². The topological polar surface area (TPSA) is 36.3 Å². The minimum absolute atomic E-state index is 0.196. The van der Waals surface area contributed by atoms with Crippen molar-refractivity contribution < 1.29 is 4.74 Å². The van der Waals surface area contributed by atoms with Crippen LogP contribution in [-0.2, 0) is 4.74 Å². The zero-order valence-corrected chi connectivity index (χ0v) is 8.67. The highest BCUT2D eigenvalue weighted by molar-refractivity contribution is 5.09. The summed E-state index contributed by atoms with van der Waals surface area (Å²) in [4.78, 5) is 2.39. The minimum atomic E-state index is -0.196. The van der Waals surface area contributed by atoms with Crippen molar-refractivity contribution >= 4 is 0 Å². The Morgan fingerprint density at radius 3 is 2.29 bits per heavy atom. The second-order valence-electron chi connectivity index (χ2n) is 4.30. The maximum atomic E-state index is 9.35. The Labute approximate surface area is 85.6 Å². The van der Waals surface area contributed by atoms with Gasteiger partial charge in [-0.1, -0.05) is 6.42 Å². The SMILES string of the molecule is N#CC1(N2CCCCC2)CCOCC1. The molecule has 2 fully saturated rings. The monoisotopic (exact) mass is 194 g/mol. The minimum Gasteiger partial charge on any atom is -0.381 e. The van der Waals surface area contributed by atoms with E-state index in [0.717, 1.165) is 39.1 Å². The van der Waals surface area contributed by atoms with Gasteiger partial charge in [0.05, 0.1) is 6.07 Å². The normalized spacial score (nSPS) is 28.2. The summed E-state index contributed by atoms with van der Waals surface area (Å²) in [5.74, 6) is 0. The lowest BCUT2D eigenvalue weighted by atomic mass is 9.88. The zero-order chi connectivity index (χ0) is 9.86. The van der Waals surface area contributed by atoms with Gasteiger partial charge < -0.3 is 4.74 Å². The highest BCUT2D eigenvalue weighted by Crippen LogP contribution is 2.29. The molecule has 2 aliphatic heterocycles. The quantitative estimate of drug-likeness (QED) is 0.635. The van der Waals surface area contributed by atoms with Crippen molar-refractivity contribution in [2.24, 2.45) is 0 Å². The zero-order valence-electron chi connectivity index (χ0n) is 8.67. The summed E-state index contributed by atoms with van der Waals surface area (Å²) >= 11 is 0. The molecule has 0 amide bonds. The lowest BCUT2D eigenvalue weighted by Crippen LogP contribution is -2.53. The van der Waals surface area contributed by atoms with Gasteiger partial charge in [0.15, 0.2) is 0 Å². The fraction of sp³-hybridized carbons (Fsp3) is 0.909. The van der Waals surface area contributed by atoms with E-state index in [9.17, 15) is 5.26 Å². The van der Waals surface area contributed by atoms with Gasteiger partial charge in [-0.25, -0.2) is 0 Å². The summed E-state index contributed by atoms with van der Waals surface area (Å²) in [7, 11) is 0. The van der Waals surface area contributed by atoms with E-state index in [-0.39, 0.29) is 5.54 Å². The van der Waals surface area contributed by atoms with Crippen LogP contribution in [0.25, 0.3) is 0 Å². The molecule has 14 heavy (non-hydrogen) atoms. The largest absolute Gasteiger partial charge is 0.381 e. The van der Waals surface area contributed by atoms with Crippen molar-refractivity contribution in [2.45, 2.75) is 37.6 Å². The molecule has 0 N–H and O–H groups in total. The van der Waals surface area contributed by atoms with Crippen LogP contribution in [-0.4, -0.2) is 36.7 Å². The lowest BCUT2D eigenvalue weighted by Gasteiger charge is -2.43. The molecule has 0 aliphatic carbocycles. The van der Waals surface area contributed by atoms with Crippen LogP contribution in [0, 0.1) is 11.3 Å². The maximum Gasteiger partial charge on any atom is 0.113 e. The summed E-state index contributed by atoms with van der Waals surface area (Å²) in [5.41, 5.74) is -0.196. The molecule has 0 unspecified atom stereocenters. The maximum absolute atomic E-state index is 9.35. The van der Waals surface area contributed by atoms with Crippen molar-refractivity contribution in [1.82, 2.24) is 4.90 Å². The summed E-state index contributed by atoms with van der Waals surface area (Å²) in [6, 6.07) is 2.53. The summed E-state index contributed by atoms with van der Waals surface area (Å²) in [6.07, 6.45) is 5.62. The van der Waals surface area contributed by atoms with Crippen LogP contribution >= 0.6 is 0 Å². The summed E-state index contributed by atoms with van der Waals surface area (Å²) < 4.78 is 5.34. The van der Waals surface area contributed by atoms with E-state index in [1.807, 2.05) is 0 Å². The van der Waals surface area contributed by atoms with Crippen molar-refractivity contribution in [2.75, 3.05) is 26.3 Å². The molecule has 0 radical (unpaired) electrons. The van der Waals surface area contributed by atoms with E-state index in [4.69, 9.17) is 4.74 Å². The Morgan fingerprint density at radius 1 is 1.07 bits per heavy atom. The highest BCUT2D eigenvalue weighted by atomic mass is 16.5. The van der Waals surface area contributed by atoms with E-state index >= 15 is 0 Å². The molecule has 2 saturated heterocycles. The average molecular weight is 194 g/mol. The van der Waals surface area contributed by atoms with Crippen LogP contribution in [0.1, 0.15) is 32.1 Å². The average Bonchev–Trinajstić information content (AvgIpc) is 2.31. The van der Waals surface area contributed by atoms with Gasteiger partial charge in [0.1, 0.15) is 5.54 Å². The molecule has 0 saturated carbocycles. The Morgan fingerprint density at radius 2 is 1.71 bits per heavy atom. The van der Waals surface area contributed by atoms with E-state index in [0.29, 0.717) is 0 Å². The van der Waals surface area contributed by atoms with Gasteiger partial charge in [-0.05, 0) is 25.9 Å². The molecule has 0 aromatic rings. The summed E-state index contributed by atoms with van der Waals surface area (Å²) in [5, 5.41) is 9.35. The third-order valence-corrected chi connectivity index (χ3v) is 3.49. The molecule has 0 atom stereocenters. The molecule has 0 aromatic heterocycles. The summed E-state index contributed by atoms with van der Waals surface area (Å²) in [6.45, 7) is 3.72. The number of nitrogens with zero attached hydrogens (tertiary/aromatic N) is 2. The molecule has 3 nitrogen and oxygen atoms in total. The number of hydrogen-bond acceptors (Lipinski definition) is 3.